The molecule has 1 heteroatoms. The van der Waals surface area contributed by atoms with E-state index in [-0.39, 0.29) is 6.10 Å². The normalized spacial score (nSPS) is 13.9. The van der Waals surface area contributed by atoms with Crippen LogP contribution in [0.1, 0.15) is 66.2 Å². The molecule has 0 rings (SSSR count). The molecular weight excluding hydrogens is 172 g/mol. The van der Waals surface area contributed by atoms with Crippen molar-refractivity contribution in [3.63, 3.8) is 0 Å². The molecule has 0 saturated carbocycles. The summed E-state index contributed by atoms with van der Waals surface area (Å²) >= 11 is 0. The van der Waals surface area contributed by atoms with Crippen LogP contribution < -0.4 is 0 Å². The summed E-state index contributed by atoms with van der Waals surface area (Å²) in [6.07, 6.45) is 7.04. The molecule has 0 aliphatic heterocycles. The van der Waals surface area contributed by atoms with Crippen molar-refractivity contribution < 1.29 is 5.11 Å². The molecule has 0 aromatic rings. The van der Waals surface area contributed by atoms with Crippen LogP contribution in [0.5, 0.6) is 0 Å². The van der Waals surface area contributed by atoms with Gasteiger partial charge in [-0.1, -0.05) is 53.4 Å². The Hall–Kier alpha value is -0.0400. The highest BCUT2D eigenvalue weighted by atomic mass is 16.3. The zero-order valence-electron chi connectivity index (χ0n) is 10.4. The zero-order chi connectivity index (χ0) is 11.0. The van der Waals surface area contributed by atoms with Crippen molar-refractivity contribution in [3.05, 3.63) is 0 Å². The molecular formula is C13H28O. The van der Waals surface area contributed by atoms with Gasteiger partial charge < -0.3 is 5.11 Å². The van der Waals surface area contributed by atoms with E-state index in [1.165, 1.54) is 25.7 Å². The molecule has 1 nitrogen and oxygen atoms in total. The molecule has 0 aliphatic rings. The molecule has 0 bridgehead atoms. The summed E-state index contributed by atoms with van der Waals surface area (Å²) in [5.74, 6) is 1.45. The Labute approximate surface area is 89.9 Å². The van der Waals surface area contributed by atoms with Crippen LogP contribution in [0.25, 0.3) is 0 Å². The van der Waals surface area contributed by atoms with E-state index in [4.69, 9.17) is 0 Å². The number of aliphatic hydroxyl groups is 1. The van der Waals surface area contributed by atoms with Crippen molar-refractivity contribution in [1.82, 2.24) is 0 Å². The van der Waals surface area contributed by atoms with E-state index in [2.05, 4.69) is 27.7 Å². The van der Waals surface area contributed by atoms with E-state index in [0.29, 0.717) is 5.92 Å². The highest BCUT2D eigenvalue weighted by molar-refractivity contribution is 4.59. The average molecular weight is 200 g/mol. The SMILES string of the molecule is CC(C)CCCCCC(O)CC(C)C. The molecule has 0 heterocycles. The molecule has 1 atom stereocenters. The first kappa shape index (κ1) is 14.0. The third kappa shape index (κ3) is 10.0. The maximum atomic E-state index is 9.63. The molecule has 1 unspecified atom stereocenters. The Kier molecular flexibility index (Phi) is 8.26. The first-order valence-electron chi connectivity index (χ1n) is 6.20. The Balaban J connectivity index is 3.19. The van der Waals surface area contributed by atoms with E-state index < -0.39 is 0 Å². The fourth-order valence-electron chi connectivity index (χ4n) is 1.77. The second-order valence-corrected chi connectivity index (χ2v) is 5.32. The fraction of sp³-hybridized carbons (Fsp3) is 1.00. The van der Waals surface area contributed by atoms with Gasteiger partial charge in [0.05, 0.1) is 6.10 Å². The van der Waals surface area contributed by atoms with E-state index >= 15 is 0 Å². The molecule has 0 fully saturated rings. The fourth-order valence-corrected chi connectivity index (χ4v) is 1.77. The number of rotatable bonds is 8. The van der Waals surface area contributed by atoms with Gasteiger partial charge in [0.25, 0.3) is 0 Å². The summed E-state index contributed by atoms with van der Waals surface area (Å²) in [7, 11) is 0. The van der Waals surface area contributed by atoms with E-state index in [1.54, 1.807) is 0 Å². The molecule has 0 amide bonds. The van der Waals surface area contributed by atoms with Gasteiger partial charge in [-0.3, -0.25) is 0 Å². The Morgan fingerprint density at radius 3 is 1.86 bits per heavy atom. The predicted octanol–water partition coefficient (Wildman–Crippen LogP) is 4.00. The van der Waals surface area contributed by atoms with Crippen molar-refractivity contribution in [3.8, 4) is 0 Å². The minimum Gasteiger partial charge on any atom is -0.393 e. The van der Waals surface area contributed by atoms with Crippen LogP contribution in [0, 0.1) is 11.8 Å². The third-order valence-electron chi connectivity index (χ3n) is 2.56. The minimum absolute atomic E-state index is 0.0611. The van der Waals surface area contributed by atoms with Crippen molar-refractivity contribution in [2.24, 2.45) is 11.8 Å². The lowest BCUT2D eigenvalue weighted by molar-refractivity contribution is 0.136. The lowest BCUT2D eigenvalue weighted by atomic mass is 9.99. The largest absolute Gasteiger partial charge is 0.393 e. The molecule has 0 radical (unpaired) electrons. The lowest BCUT2D eigenvalue weighted by Gasteiger charge is -2.12. The molecule has 0 aliphatic carbocycles. The second kappa shape index (κ2) is 8.28. The van der Waals surface area contributed by atoms with Gasteiger partial charge in [0.15, 0.2) is 0 Å². The van der Waals surface area contributed by atoms with E-state index in [9.17, 15) is 5.11 Å². The maximum Gasteiger partial charge on any atom is 0.0542 e. The van der Waals surface area contributed by atoms with Gasteiger partial charge >= 0.3 is 0 Å². The number of hydrogen-bond acceptors (Lipinski definition) is 1. The summed E-state index contributed by atoms with van der Waals surface area (Å²) in [5.41, 5.74) is 0. The first-order chi connectivity index (χ1) is 6.52. The summed E-state index contributed by atoms with van der Waals surface area (Å²) in [5, 5.41) is 9.63. The lowest BCUT2D eigenvalue weighted by Crippen LogP contribution is -2.09. The maximum absolute atomic E-state index is 9.63. The van der Waals surface area contributed by atoms with Gasteiger partial charge in [0.2, 0.25) is 0 Å². The topological polar surface area (TPSA) is 20.2 Å². The van der Waals surface area contributed by atoms with Gasteiger partial charge in [-0.05, 0) is 24.7 Å². The van der Waals surface area contributed by atoms with Crippen LogP contribution in [0.2, 0.25) is 0 Å². The summed E-state index contributed by atoms with van der Waals surface area (Å²) < 4.78 is 0. The van der Waals surface area contributed by atoms with E-state index in [1.807, 2.05) is 0 Å². The molecule has 86 valence electrons. The van der Waals surface area contributed by atoms with Crippen LogP contribution in [-0.2, 0) is 0 Å². The predicted molar refractivity (Wildman–Crippen MR) is 63.4 cm³/mol. The van der Waals surface area contributed by atoms with Crippen LogP contribution in [0.15, 0.2) is 0 Å². The van der Waals surface area contributed by atoms with Crippen molar-refractivity contribution in [2.45, 2.75) is 72.3 Å². The van der Waals surface area contributed by atoms with Gasteiger partial charge in [-0.25, -0.2) is 0 Å². The highest BCUT2D eigenvalue weighted by Crippen LogP contribution is 2.14. The molecule has 0 aromatic heterocycles. The van der Waals surface area contributed by atoms with Crippen LogP contribution in [-0.4, -0.2) is 11.2 Å². The third-order valence-corrected chi connectivity index (χ3v) is 2.56. The monoisotopic (exact) mass is 200 g/mol. The van der Waals surface area contributed by atoms with Crippen LogP contribution in [0.4, 0.5) is 0 Å². The molecule has 0 spiro atoms. The van der Waals surface area contributed by atoms with Crippen LogP contribution >= 0.6 is 0 Å². The number of hydrogen-bond donors (Lipinski definition) is 1. The summed E-state index contributed by atoms with van der Waals surface area (Å²) in [6.45, 7) is 8.88. The standard InChI is InChI=1S/C13H28O/c1-11(2)8-6-5-7-9-13(14)10-12(3)4/h11-14H,5-10H2,1-4H3. The summed E-state index contributed by atoms with van der Waals surface area (Å²) in [4.78, 5) is 0. The zero-order valence-corrected chi connectivity index (χ0v) is 10.4. The Morgan fingerprint density at radius 2 is 1.36 bits per heavy atom. The first-order valence-corrected chi connectivity index (χ1v) is 6.20. The van der Waals surface area contributed by atoms with Crippen molar-refractivity contribution in [2.75, 3.05) is 0 Å². The highest BCUT2D eigenvalue weighted by Gasteiger charge is 2.06. The van der Waals surface area contributed by atoms with Crippen molar-refractivity contribution in [1.29, 1.82) is 0 Å². The van der Waals surface area contributed by atoms with Crippen LogP contribution in [0.3, 0.4) is 0 Å². The van der Waals surface area contributed by atoms with Gasteiger partial charge in [0, 0.05) is 0 Å². The number of aliphatic hydroxyl groups excluding tert-OH is 1. The second-order valence-electron chi connectivity index (χ2n) is 5.32. The Morgan fingerprint density at radius 1 is 0.786 bits per heavy atom. The van der Waals surface area contributed by atoms with E-state index in [0.717, 1.165) is 18.8 Å². The van der Waals surface area contributed by atoms with Gasteiger partial charge in [-0.2, -0.15) is 0 Å². The average Bonchev–Trinajstić information content (AvgIpc) is 2.01. The quantitative estimate of drug-likeness (QED) is 0.587. The van der Waals surface area contributed by atoms with Gasteiger partial charge in [-0.15, -0.1) is 0 Å². The van der Waals surface area contributed by atoms with Crippen molar-refractivity contribution >= 4 is 0 Å². The minimum atomic E-state index is -0.0611. The molecule has 14 heavy (non-hydrogen) atoms. The summed E-state index contributed by atoms with van der Waals surface area (Å²) in [6, 6.07) is 0. The van der Waals surface area contributed by atoms with Gasteiger partial charge in [0.1, 0.15) is 0 Å². The molecule has 0 saturated heterocycles. The number of unbranched alkanes of at least 4 members (excludes halogenated alkanes) is 2. The molecule has 0 aromatic carbocycles. The molecule has 1 N–H and O–H groups in total. The smallest absolute Gasteiger partial charge is 0.0542 e. The Bertz CT molecular complexity index is 118.